The number of H-pyrrole nitrogens is 1. The number of aromatic amines is 1. The van der Waals surface area contributed by atoms with Crippen LogP contribution >= 0.6 is 11.8 Å². The minimum Gasteiger partial charge on any atom is -0.361 e. The number of fused-ring (bicyclic) bond motifs is 1. The molecule has 1 saturated heterocycles. The maximum absolute atomic E-state index is 12.7. The lowest BCUT2D eigenvalue weighted by Crippen LogP contribution is -2.46. The Hall–Kier alpha value is -1.42. The van der Waals surface area contributed by atoms with Crippen LogP contribution in [0, 0.1) is 0 Å². The van der Waals surface area contributed by atoms with E-state index in [4.69, 9.17) is 0 Å². The molecule has 1 amide bonds. The molecule has 0 radical (unpaired) electrons. The predicted molar refractivity (Wildman–Crippen MR) is 80.7 cm³/mol. The number of benzene rings is 1. The van der Waals surface area contributed by atoms with E-state index in [9.17, 15) is 4.79 Å². The number of carbonyl (C=O) groups excluding carboxylic acids is 1. The van der Waals surface area contributed by atoms with Crippen molar-refractivity contribution < 1.29 is 4.79 Å². The van der Waals surface area contributed by atoms with Crippen LogP contribution < -0.4 is 0 Å². The van der Waals surface area contributed by atoms with Crippen LogP contribution in [0.4, 0.5) is 0 Å². The second-order valence-electron chi connectivity index (χ2n) is 5.58. The minimum absolute atomic E-state index is 0.140. The molecule has 0 unspecified atom stereocenters. The van der Waals surface area contributed by atoms with E-state index in [1.54, 1.807) is 0 Å². The van der Waals surface area contributed by atoms with Crippen molar-refractivity contribution in [3.05, 3.63) is 36.0 Å². The Bertz CT molecular complexity index is 617. The fourth-order valence-corrected chi connectivity index (χ4v) is 3.73. The number of aromatic nitrogens is 1. The third-order valence-electron chi connectivity index (χ3n) is 3.53. The standard InChI is InChI=1S/C15H18N2OS/c1-15(2)10-17(8-9-19-15)14(18)12-5-3-4-11-6-7-16-13(11)12/h3-7,16H,8-10H2,1-2H3. The van der Waals surface area contributed by atoms with Crippen LogP contribution in [0.1, 0.15) is 24.2 Å². The molecule has 0 aliphatic carbocycles. The minimum atomic E-state index is 0.140. The number of nitrogens with one attached hydrogen (secondary N) is 1. The molecule has 0 atom stereocenters. The highest BCUT2D eigenvalue weighted by Gasteiger charge is 2.30. The average molecular weight is 274 g/mol. The number of thioether (sulfide) groups is 1. The molecular formula is C15H18N2OS. The lowest BCUT2D eigenvalue weighted by molar-refractivity contribution is 0.0750. The second-order valence-corrected chi connectivity index (χ2v) is 7.38. The average Bonchev–Trinajstić information content (AvgIpc) is 2.84. The van der Waals surface area contributed by atoms with Crippen LogP contribution in [0.2, 0.25) is 0 Å². The molecule has 0 saturated carbocycles. The maximum Gasteiger partial charge on any atom is 0.256 e. The number of nitrogens with zero attached hydrogens (tertiary/aromatic N) is 1. The summed E-state index contributed by atoms with van der Waals surface area (Å²) in [7, 11) is 0. The van der Waals surface area contributed by atoms with E-state index in [0.717, 1.165) is 35.3 Å². The lowest BCUT2D eigenvalue weighted by Gasteiger charge is -2.37. The zero-order valence-electron chi connectivity index (χ0n) is 11.3. The molecule has 3 nitrogen and oxygen atoms in total. The maximum atomic E-state index is 12.7. The zero-order chi connectivity index (χ0) is 13.5. The molecule has 0 bridgehead atoms. The number of rotatable bonds is 1. The van der Waals surface area contributed by atoms with Gasteiger partial charge in [0.1, 0.15) is 0 Å². The number of amides is 1. The molecule has 2 aromatic rings. The Morgan fingerprint density at radius 1 is 1.37 bits per heavy atom. The van der Waals surface area contributed by atoms with E-state index in [1.165, 1.54) is 0 Å². The number of hydrogen-bond acceptors (Lipinski definition) is 2. The molecule has 1 aliphatic heterocycles. The van der Waals surface area contributed by atoms with Gasteiger partial charge in [0.05, 0.1) is 11.1 Å². The van der Waals surface area contributed by atoms with Crippen LogP contribution in [0.15, 0.2) is 30.5 Å². The van der Waals surface area contributed by atoms with Gasteiger partial charge in [0.2, 0.25) is 0 Å². The number of para-hydroxylation sites is 1. The SMILES string of the molecule is CC1(C)CN(C(=O)c2cccc3cc[nH]c23)CCS1. The van der Waals surface area contributed by atoms with Gasteiger partial charge in [-0.15, -0.1) is 0 Å². The van der Waals surface area contributed by atoms with Crippen molar-refractivity contribution in [2.45, 2.75) is 18.6 Å². The zero-order valence-corrected chi connectivity index (χ0v) is 12.1. The van der Waals surface area contributed by atoms with E-state index in [-0.39, 0.29) is 10.7 Å². The summed E-state index contributed by atoms with van der Waals surface area (Å²) in [6.07, 6.45) is 1.89. The van der Waals surface area contributed by atoms with E-state index in [2.05, 4.69) is 18.8 Å². The summed E-state index contributed by atoms with van der Waals surface area (Å²) in [5.41, 5.74) is 1.73. The normalized spacial score (nSPS) is 18.7. The summed E-state index contributed by atoms with van der Waals surface area (Å²) in [5.74, 6) is 1.15. The highest BCUT2D eigenvalue weighted by Crippen LogP contribution is 2.30. The van der Waals surface area contributed by atoms with Gasteiger partial charge in [-0.25, -0.2) is 0 Å². The molecule has 100 valence electrons. The lowest BCUT2D eigenvalue weighted by atomic mass is 10.1. The van der Waals surface area contributed by atoms with Gasteiger partial charge in [0.15, 0.2) is 0 Å². The van der Waals surface area contributed by atoms with Crippen LogP contribution in [-0.4, -0.2) is 39.4 Å². The molecule has 1 fully saturated rings. The molecule has 1 aliphatic rings. The number of carbonyl (C=O) groups is 1. The van der Waals surface area contributed by atoms with Crippen LogP contribution in [0.3, 0.4) is 0 Å². The van der Waals surface area contributed by atoms with Gasteiger partial charge >= 0.3 is 0 Å². The Morgan fingerprint density at radius 3 is 3.00 bits per heavy atom. The van der Waals surface area contributed by atoms with Crippen LogP contribution in [0.5, 0.6) is 0 Å². The monoisotopic (exact) mass is 274 g/mol. The predicted octanol–water partition coefficient (Wildman–Crippen LogP) is 3.14. The molecule has 0 spiro atoms. The van der Waals surface area contributed by atoms with Gasteiger partial charge in [0, 0.05) is 35.2 Å². The van der Waals surface area contributed by atoms with E-state index in [1.807, 2.05) is 47.1 Å². The van der Waals surface area contributed by atoms with Gasteiger partial charge in [-0.3, -0.25) is 4.79 Å². The first-order valence-corrected chi connectivity index (χ1v) is 7.55. The Kier molecular flexibility index (Phi) is 3.05. The smallest absolute Gasteiger partial charge is 0.256 e. The summed E-state index contributed by atoms with van der Waals surface area (Å²) >= 11 is 1.94. The third kappa shape index (κ3) is 2.37. The Labute approximate surface area is 117 Å². The van der Waals surface area contributed by atoms with Crippen molar-refractivity contribution in [1.29, 1.82) is 0 Å². The van der Waals surface area contributed by atoms with Crippen molar-refractivity contribution in [2.75, 3.05) is 18.8 Å². The summed E-state index contributed by atoms with van der Waals surface area (Å²) < 4.78 is 0.150. The Morgan fingerprint density at radius 2 is 2.21 bits per heavy atom. The fourth-order valence-electron chi connectivity index (χ4n) is 2.62. The molecule has 1 aromatic carbocycles. The highest BCUT2D eigenvalue weighted by atomic mass is 32.2. The first-order chi connectivity index (χ1) is 9.07. The quantitative estimate of drug-likeness (QED) is 0.867. The van der Waals surface area contributed by atoms with E-state index in [0.29, 0.717) is 0 Å². The molecule has 1 N–H and O–H groups in total. The van der Waals surface area contributed by atoms with Gasteiger partial charge in [-0.2, -0.15) is 11.8 Å². The van der Waals surface area contributed by atoms with Crippen molar-refractivity contribution >= 4 is 28.6 Å². The van der Waals surface area contributed by atoms with Crippen LogP contribution in [0.25, 0.3) is 10.9 Å². The number of hydrogen-bond donors (Lipinski definition) is 1. The fraction of sp³-hybridized carbons (Fsp3) is 0.400. The molecule has 4 heteroatoms. The Balaban J connectivity index is 1.93. The van der Waals surface area contributed by atoms with Crippen molar-refractivity contribution in [3.8, 4) is 0 Å². The third-order valence-corrected chi connectivity index (χ3v) is 4.83. The molecule has 19 heavy (non-hydrogen) atoms. The van der Waals surface area contributed by atoms with Gasteiger partial charge in [0.25, 0.3) is 5.91 Å². The largest absolute Gasteiger partial charge is 0.361 e. The first kappa shape index (κ1) is 12.6. The summed E-state index contributed by atoms with van der Waals surface area (Å²) in [6.45, 7) is 6.05. The summed E-state index contributed by atoms with van der Waals surface area (Å²) in [4.78, 5) is 17.9. The highest BCUT2D eigenvalue weighted by molar-refractivity contribution is 8.00. The second kappa shape index (κ2) is 4.60. The molecular weight excluding hydrogens is 256 g/mol. The van der Waals surface area contributed by atoms with E-state index < -0.39 is 0 Å². The van der Waals surface area contributed by atoms with Crippen molar-refractivity contribution in [1.82, 2.24) is 9.88 Å². The van der Waals surface area contributed by atoms with Crippen molar-refractivity contribution in [3.63, 3.8) is 0 Å². The van der Waals surface area contributed by atoms with Crippen molar-refractivity contribution in [2.24, 2.45) is 0 Å². The van der Waals surface area contributed by atoms with Crippen LogP contribution in [-0.2, 0) is 0 Å². The van der Waals surface area contributed by atoms with Gasteiger partial charge in [-0.05, 0) is 26.0 Å². The first-order valence-electron chi connectivity index (χ1n) is 6.56. The topological polar surface area (TPSA) is 36.1 Å². The molecule has 3 rings (SSSR count). The van der Waals surface area contributed by atoms with Gasteiger partial charge < -0.3 is 9.88 Å². The van der Waals surface area contributed by atoms with Gasteiger partial charge in [-0.1, -0.05) is 12.1 Å². The molecule has 1 aromatic heterocycles. The molecule has 2 heterocycles. The summed E-state index contributed by atoms with van der Waals surface area (Å²) in [6, 6.07) is 7.89. The summed E-state index contributed by atoms with van der Waals surface area (Å²) in [5, 5.41) is 1.09. The van der Waals surface area contributed by atoms with E-state index >= 15 is 0 Å².